The first-order valence-electron chi connectivity index (χ1n) is 3.50. The van der Waals surface area contributed by atoms with Crippen molar-refractivity contribution in [3.05, 3.63) is 0 Å². The van der Waals surface area contributed by atoms with E-state index in [1.54, 1.807) is 0 Å². The van der Waals surface area contributed by atoms with Crippen molar-refractivity contribution in [2.45, 2.75) is 39.3 Å². The summed E-state index contributed by atoms with van der Waals surface area (Å²) in [7, 11) is 0. The van der Waals surface area contributed by atoms with Gasteiger partial charge in [-0.15, -0.1) is 0 Å². The molecule has 0 aromatic rings. The van der Waals surface area contributed by atoms with Crippen molar-refractivity contribution < 1.29 is 9.90 Å². The van der Waals surface area contributed by atoms with Crippen molar-refractivity contribution >= 4 is 5.97 Å². The van der Waals surface area contributed by atoms with E-state index in [0.717, 1.165) is 0 Å². The van der Waals surface area contributed by atoms with Crippen LogP contribution in [0.1, 0.15) is 27.2 Å². The fourth-order valence-electron chi connectivity index (χ4n) is 0.890. The third-order valence-electron chi connectivity index (χ3n) is 1.10. The van der Waals surface area contributed by atoms with Crippen LogP contribution >= 0.6 is 0 Å². The average Bonchev–Trinajstić information content (AvgIpc) is 1.58. The maximum atomic E-state index is 10.2. The molecule has 0 heterocycles. The van der Waals surface area contributed by atoms with Crippen molar-refractivity contribution in [2.75, 3.05) is 0 Å². The fourth-order valence-corrected chi connectivity index (χ4v) is 0.890. The second kappa shape index (κ2) is 4.28. The number of hydrogen-bond donors (Lipinski definition) is 2. The average molecular weight is 145 g/mol. The topological polar surface area (TPSA) is 49.3 Å². The molecule has 0 aliphatic carbocycles. The van der Waals surface area contributed by atoms with Gasteiger partial charge in [-0.1, -0.05) is 13.8 Å². The summed E-state index contributed by atoms with van der Waals surface area (Å²) < 4.78 is 0. The quantitative estimate of drug-likeness (QED) is 0.616. The zero-order valence-corrected chi connectivity index (χ0v) is 6.72. The van der Waals surface area contributed by atoms with Gasteiger partial charge < -0.3 is 10.4 Å². The van der Waals surface area contributed by atoms with Gasteiger partial charge in [0.15, 0.2) is 0 Å². The maximum Gasteiger partial charge on any atom is 0.304 e. The molecule has 10 heavy (non-hydrogen) atoms. The number of carbonyl (C=O) groups is 1. The zero-order valence-electron chi connectivity index (χ0n) is 6.72. The van der Waals surface area contributed by atoms with E-state index in [2.05, 4.69) is 5.32 Å². The molecule has 0 aliphatic rings. The van der Waals surface area contributed by atoms with E-state index in [9.17, 15) is 4.79 Å². The Labute approximate surface area is 61.4 Å². The molecule has 60 valence electrons. The molecule has 3 nitrogen and oxygen atoms in total. The molecule has 0 aromatic carbocycles. The van der Waals surface area contributed by atoms with E-state index >= 15 is 0 Å². The van der Waals surface area contributed by atoms with E-state index < -0.39 is 5.97 Å². The molecule has 0 fully saturated rings. The first-order chi connectivity index (χ1) is 4.52. The molecule has 0 saturated carbocycles. The van der Waals surface area contributed by atoms with Crippen LogP contribution in [0, 0.1) is 0 Å². The minimum atomic E-state index is -0.749. The van der Waals surface area contributed by atoms with Crippen LogP contribution in [0.5, 0.6) is 0 Å². The Bertz CT molecular complexity index is 112. The lowest BCUT2D eigenvalue weighted by Gasteiger charge is -2.13. The van der Waals surface area contributed by atoms with Gasteiger partial charge in [-0.25, -0.2) is 0 Å². The highest BCUT2D eigenvalue weighted by Gasteiger charge is 2.06. The number of hydrogen-bond acceptors (Lipinski definition) is 2. The Morgan fingerprint density at radius 3 is 2.30 bits per heavy atom. The van der Waals surface area contributed by atoms with Crippen molar-refractivity contribution in [1.29, 1.82) is 0 Å². The summed E-state index contributed by atoms with van der Waals surface area (Å²) in [6, 6.07) is 0.423. The van der Waals surface area contributed by atoms with E-state index in [4.69, 9.17) is 5.11 Å². The highest BCUT2D eigenvalue weighted by atomic mass is 16.4. The molecule has 1 atom stereocenters. The largest absolute Gasteiger partial charge is 0.481 e. The number of nitrogens with one attached hydrogen (secondary N) is 1. The molecule has 0 unspecified atom stereocenters. The zero-order chi connectivity index (χ0) is 8.15. The smallest absolute Gasteiger partial charge is 0.304 e. The Balaban J connectivity index is 3.43. The van der Waals surface area contributed by atoms with Crippen molar-refractivity contribution in [2.24, 2.45) is 0 Å². The van der Waals surface area contributed by atoms with Crippen LogP contribution in [0.2, 0.25) is 0 Å². The molecule has 0 rings (SSSR count). The van der Waals surface area contributed by atoms with Crippen LogP contribution < -0.4 is 5.32 Å². The Morgan fingerprint density at radius 2 is 2.00 bits per heavy atom. The highest BCUT2D eigenvalue weighted by molar-refractivity contribution is 5.67. The molecule has 2 N–H and O–H groups in total. The van der Waals surface area contributed by atoms with Crippen LogP contribution in [0.15, 0.2) is 0 Å². The van der Waals surface area contributed by atoms with Crippen LogP contribution in [0.4, 0.5) is 0 Å². The standard InChI is InChI=1S/C7H15NO2/c1-5(2)8-6(3)4-7(9)10/h5-6,8H,4H2,1-3H3,(H,9,10)/t6-/m0/s1. The molecular weight excluding hydrogens is 130 g/mol. The van der Waals surface area contributed by atoms with Gasteiger partial charge in [0, 0.05) is 12.1 Å². The molecule has 0 aliphatic heterocycles. The van der Waals surface area contributed by atoms with Gasteiger partial charge in [0.25, 0.3) is 0 Å². The Hall–Kier alpha value is -0.570. The molecule has 3 heteroatoms. The maximum absolute atomic E-state index is 10.2. The van der Waals surface area contributed by atoms with Gasteiger partial charge in [-0.3, -0.25) is 4.79 Å². The first-order valence-corrected chi connectivity index (χ1v) is 3.50. The Morgan fingerprint density at radius 1 is 1.50 bits per heavy atom. The highest BCUT2D eigenvalue weighted by Crippen LogP contribution is 1.91. The molecule has 0 radical (unpaired) electrons. The summed E-state index contributed by atoms with van der Waals surface area (Å²) in [4.78, 5) is 10.2. The lowest BCUT2D eigenvalue weighted by atomic mass is 10.2. The van der Waals surface area contributed by atoms with Crippen LogP contribution in [0.25, 0.3) is 0 Å². The van der Waals surface area contributed by atoms with E-state index in [1.165, 1.54) is 0 Å². The lowest BCUT2D eigenvalue weighted by Crippen LogP contribution is -2.33. The number of carboxylic acid groups (broad SMARTS) is 1. The van der Waals surface area contributed by atoms with Gasteiger partial charge in [-0.2, -0.15) is 0 Å². The van der Waals surface area contributed by atoms with Gasteiger partial charge in [0.05, 0.1) is 6.42 Å². The molecule has 0 bridgehead atoms. The van der Waals surface area contributed by atoms with Crippen molar-refractivity contribution in [1.82, 2.24) is 5.32 Å². The van der Waals surface area contributed by atoms with Gasteiger partial charge in [0.2, 0.25) is 0 Å². The molecule has 0 amide bonds. The van der Waals surface area contributed by atoms with Crippen LogP contribution in [0.3, 0.4) is 0 Å². The number of aliphatic carboxylic acids is 1. The third kappa shape index (κ3) is 5.56. The minimum absolute atomic E-state index is 0.0671. The monoisotopic (exact) mass is 145 g/mol. The molecule has 0 aromatic heterocycles. The normalized spacial score (nSPS) is 13.6. The van der Waals surface area contributed by atoms with Gasteiger partial charge in [0.1, 0.15) is 0 Å². The number of carboxylic acids is 1. The third-order valence-corrected chi connectivity index (χ3v) is 1.10. The predicted molar refractivity (Wildman–Crippen MR) is 40.0 cm³/mol. The van der Waals surface area contributed by atoms with Crippen LogP contribution in [-0.2, 0) is 4.79 Å². The number of rotatable bonds is 4. The lowest BCUT2D eigenvalue weighted by molar-refractivity contribution is -0.137. The SMILES string of the molecule is CC(C)N[C@@H](C)CC(=O)O. The molecular formula is C7H15NO2. The minimum Gasteiger partial charge on any atom is -0.481 e. The molecule has 0 spiro atoms. The second-order valence-electron chi connectivity index (χ2n) is 2.82. The van der Waals surface area contributed by atoms with E-state index in [1.807, 2.05) is 20.8 Å². The summed E-state index contributed by atoms with van der Waals surface area (Å²) in [5.74, 6) is -0.749. The molecule has 0 saturated heterocycles. The van der Waals surface area contributed by atoms with Gasteiger partial charge in [-0.05, 0) is 6.92 Å². The summed E-state index contributed by atoms with van der Waals surface area (Å²) in [5.41, 5.74) is 0. The summed E-state index contributed by atoms with van der Waals surface area (Å²) >= 11 is 0. The van der Waals surface area contributed by atoms with E-state index in [-0.39, 0.29) is 12.5 Å². The Kier molecular flexibility index (Phi) is 4.03. The fraction of sp³-hybridized carbons (Fsp3) is 0.857. The second-order valence-corrected chi connectivity index (χ2v) is 2.82. The van der Waals surface area contributed by atoms with E-state index in [0.29, 0.717) is 6.04 Å². The summed E-state index contributed by atoms with van der Waals surface area (Å²) in [6.45, 7) is 5.87. The van der Waals surface area contributed by atoms with Crippen LogP contribution in [-0.4, -0.2) is 23.2 Å². The van der Waals surface area contributed by atoms with Crippen molar-refractivity contribution in [3.63, 3.8) is 0 Å². The summed E-state index contributed by atoms with van der Waals surface area (Å²) in [6.07, 6.45) is 0.193. The summed E-state index contributed by atoms with van der Waals surface area (Å²) in [5, 5.41) is 11.4. The van der Waals surface area contributed by atoms with Crippen molar-refractivity contribution in [3.8, 4) is 0 Å². The van der Waals surface area contributed by atoms with Gasteiger partial charge >= 0.3 is 5.97 Å². The first kappa shape index (κ1) is 9.43. The predicted octanol–water partition coefficient (Wildman–Crippen LogP) is 0.848.